The van der Waals surface area contributed by atoms with Crippen molar-refractivity contribution in [2.75, 3.05) is 19.7 Å². The van der Waals surface area contributed by atoms with E-state index >= 15 is 0 Å². The van der Waals surface area contributed by atoms with E-state index in [0.717, 1.165) is 23.2 Å². The maximum atomic E-state index is 11.6. The highest BCUT2D eigenvalue weighted by Crippen LogP contribution is 2.23. The second-order valence-electron chi connectivity index (χ2n) is 4.63. The van der Waals surface area contributed by atoms with Gasteiger partial charge in [0.1, 0.15) is 5.75 Å². The lowest BCUT2D eigenvalue weighted by atomic mass is 10.2. The van der Waals surface area contributed by atoms with Crippen LogP contribution < -0.4 is 15.4 Å². The zero-order chi connectivity index (χ0) is 13.5. The van der Waals surface area contributed by atoms with E-state index in [9.17, 15) is 4.79 Å². The molecule has 4 nitrogen and oxygen atoms in total. The molecule has 2 rings (SSSR count). The van der Waals surface area contributed by atoms with Crippen LogP contribution >= 0.6 is 28.3 Å². The summed E-state index contributed by atoms with van der Waals surface area (Å²) in [4.78, 5) is 11.6. The molecule has 0 saturated carbocycles. The van der Waals surface area contributed by atoms with Crippen LogP contribution in [0.15, 0.2) is 28.7 Å². The Hall–Kier alpha value is -0.780. The lowest BCUT2D eigenvalue weighted by Gasteiger charge is -2.12. The first kappa shape index (κ1) is 17.3. The number of benzene rings is 1. The van der Waals surface area contributed by atoms with E-state index in [-0.39, 0.29) is 18.3 Å². The van der Waals surface area contributed by atoms with Gasteiger partial charge in [-0.15, -0.1) is 12.4 Å². The number of carbonyl (C=O) groups excluding carboxylic acids is 1. The predicted octanol–water partition coefficient (Wildman–Crippen LogP) is 2.51. The molecular formula is C14H20BrClN2O2. The number of amides is 1. The highest BCUT2D eigenvalue weighted by Gasteiger charge is 2.14. The predicted molar refractivity (Wildman–Crippen MR) is 85.5 cm³/mol. The van der Waals surface area contributed by atoms with Crippen molar-refractivity contribution in [3.05, 3.63) is 28.7 Å². The Morgan fingerprint density at radius 3 is 2.95 bits per heavy atom. The number of nitrogens with one attached hydrogen (secondary N) is 2. The fourth-order valence-electron chi connectivity index (χ4n) is 2.07. The van der Waals surface area contributed by atoms with Gasteiger partial charge in [-0.2, -0.15) is 0 Å². The molecule has 20 heavy (non-hydrogen) atoms. The molecule has 112 valence electrons. The molecule has 1 aromatic carbocycles. The molecule has 0 radical (unpaired) electrons. The van der Waals surface area contributed by atoms with Gasteiger partial charge >= 0.3 is 0 Å². The van der Waals surface area contributed by atoms with Crippen LogP contribution in [-0.4, -0.2) is 31.6 Å². The molecule has 1 fully saturated rings. The number of halogens is 2. The van der Waals surface area contributed by atoms with Crippen molar-refractivity contribution >= 4 is 34.2 Å². The topological polar surface area (TPSA) is 50.4 Å². The lowest BCUT2D eigenvalue weighted by Crippen LogP contribution is -2.37. The van der Waals surface area contributed by atoms with E-state index in [1.807, 2.05) is 24.3 Å². The first-order valence-corrected chi connectivity index (χ1v) is 7.42. The van der Waals surface area contributed by atoms with Crippen LogP contribution in [0.1, 0.15) is 19.3 Å². The summed E-state index contributed by atoms with van der Waals surface area (Å²) in [7, 11) is 0. The molecule has 0 spiro atoms. The summed E-state index contributed by atoms with van der Waals surface area (Å²) in [6.07, 6.45) is 2.73. The molecule has 1 atom stereocenters. The molecule has 6 heteroatoms. The van der Waals surface area contributed by atoms with Gasteiger partial charge in [0.15, 0.2) is 0 Å². The van der Waals surface area contributed by atoms with Gasteiger partial charge in [0, 0.05) is 12.6 Å². The van der Waals surface area contributed by atoms with Crippen LogP contribution in [0, 0.1) is 0 Å². The van der Waals surface area contributed by atoms with Crippen LogP contribution in [-0.2, 0) is 4.79 Å². The third kappa shape index (κ3) is 5.69. The van der Waals surface area contributed by atoms with Crippen LogP contribution in [0.2, 0.25) is 0 Å². The molecule has 2 N–H and O–H groups in total. The third-order valence-electron chi connectivity index (χ3n) is 3.13. The van der Waals surface area contributed by atoms with Gasteiger partial charge in [-0.1, -0.05) is 12.1 Å². The molecule has 1 aromatic rings. The molecule has 1 aliphatic heterocycles. The number of ether oxygens (including phenoxy) is 1. The average molecular weight is 364 g/mol. The molecule has 1 heterocycles. The van der Waals surface area contributed by atoms with Gasteiger partial charge in [-0.05, 0) is 47.4 Å². The molecule has 0 bridgehead atoms. The van der Waals surface area contributed by atoms with Gasteiger partial charge in [0.25, 0.3) is 0 Å². The number of para-hydroxylation sites is 1. The van der Waals surface area contributed by atoms with Crippen molar-refractivity contribution in [1.29, 1.82) is 0 Å². The van der Waals surface area contributed by atoms with Crippen LogP contribution in [0.5, 0.6) is 5.75 Å². The molecule has 1 amide bonds. The van der Waals surface area contributed by atoms with Crippen molar-refractivity contribution in [1.82, 2.24) is 10.6 Å². The van der Waals surface area contributed by atoms with Crippen molar-refractivity contribution in [2.45, 2.75) is 25.3 Å². The summed E-state index contributed by atoms with van der Waals surface area (Å²) in [5, 5.41) is 6.28. The fourth-order valence-corrected chi connectivity index (χ4v) is 2.47. The SMILES string of the molecule is Cl.O=C(CCOc1ccccc1Br)NCC1CCCN1. The summed E-state index contributed by atoms with van der Waals surface area (Å²) < 4.78 is 6.46. The van der Waals surface area contributed by atoms with Gasteiger partial charge in [0.05, 0.1) is 17.5 Å². The Morgan fingerprint density at radius 1 is 1.45 bits per heavy atom. The minimum absolute atomic E-state index is 0. The second-order valence-corrected chi connectivity index (χ2v) is 5.48. The van der Waals surface area contributed by atoms with Crippen molar-refractivity contribution < 1.29 is 9.53 Å². The third-order valence-corrected chi connectivity index (χ3v) is 3.79. The summed E-state index contributed by atoms with van der Waals surface area (Å²) in [5.74, 6) is 0.813. The van der Waals surface area contributed by atoms with Gasteiger partial charge in [-0.25, -0.2) is 0 Å². The van der Waals surface area contributed by atoms with Gasteiger partial charge in [-0.3, -0.25) is 4.79 Å². The van der Waals surface area contributed by atoms with Crippen LogP contribution in [0.3, 0.4) is 0 Å². The van der Waals surface area contributed by atoms with Crippen molar-refractivity contribution in [2.24, 2.45) is 0 Å². The maximum absolute atomic E-state index is 11.6. The molecule has 0 aromatic heterocycles. The molecule has 0 aliphatic carbocycles. The van der Waals surface area contributed by atoms with E-state index in [0.29, 0.717) is 25.6 Å². The molecule has 1 saturated heterocycles. The van der Waals surface area contributed by atoms with Crippen LogP contribution in [0.25, 0.3) is 0 Å². The Morgan fingerprint density at radius 2 is 2.25 bits per heavy atom. The standard InChI is InChI=1S/C14H19BrN2O2.ClH/c15-12-5-1-2-6-13(12)19-9-7-14(18)17-10-11-4-3-8-16-11;/h1-2,5-6,11,16H,3-4,7-10H2,(H,17,18);1H. The summed E-state index contributed by atoms with van der Waals surface area (Å²) >= 11 is 3.41. The molecule has 1 unspecified atom stereocenters. The summed E-state index contributed by atoms with van der Waals surface area (Å²) in [6, 6.07) is 8.07. The highest BCUT2D eigenvalue weighted by molar-refractivity contribution is 9.10. The maximum Gasteiger partial charge on any atom is 0.223 e. The van der Waals surface area contributed by atoms with E-state index in [2.05, 4.69) is 26.6 Å². The largest absolute Gasteiger partial charge is 0.492 e. The quantitative estimate of drug-likeness (QED) is 0.816. The van der Waals surface area contributed by atoms with Gasteiger partial charge in [0.2, 0.25) is 5.91 Å². The summed E-state index contributed by atoms with van der Waals surface area (Å²) in [5.41, 5.74) is 0. The van der Waals surface area contributed by atoms with Gasteiger partial charge < -0.3 is 15.4 Å². The van der Waals surface area contributed by atoms with E-state index < -0.39 is 0 Å². The van der Waals surface area contributed by atoms with E-state index in [1.54, 1.807) is 0 Å². The normalized spacial score (nSPS) is 17.4. The molecule has 1 aliphatic rings. The van der Waals surface area contributed by atoms with Crippen molar-refractivity contribution in [3.8, 4) is 5.75 Å². The Bertz CT molecular complexity index is 425. The number of rotatable bonds is 6. The second kappa shape index (κ2) is 9.21. The first-order chi connectivity index (χ1) is 9.25. The van der Waals surface area contributed by atoms with E-state index in [4.69, 9.17) is 4.74 Å². The zero-order valence-electron chi connectivity index (χ0n) is 11.2. The Labute approximate surface area is 134 Å². The number of hydrogen-bond donors (Lipinski definition) is 2. The first-order valence-electron chi connectivity index (χ1n) is 6.63. The number of hydrogen-bond acceptors (Lipinski definition) is 3. The number of carbonyl (C=O) groups is 1. The Balaban J connectivity index is 0.00000200. The monoisotopic (exact) mass is 362 g/mol. The minimum atomic E-state index is 0. The molecular weight excluding hydrogens is 344 g/mol. The van der Waals surface area contributed by atoms with Crippen molar-refractivity contribution in [3.63, 3.8) is 0 Å². The average Bonchev–Trinajstić information content (AvgIpc) is 2.92. The lowest BCUT2D eigenvalue weighted by molar-refractivity contribution is -0.121. The van der Waals surface area contributed by atoms with Crippen LogP contribution in [0.4, 0.5) is 0 Å². The zero-order valence-corrected chi connectivity index (χ0v) is 13.6. The van der Waals surface area contributed by atoms with E-state index in [1.165, 1.54) is 6.42 Å². The minimum Gasteiger partial charge on any atom is -0.492 e. The fraction of sp³-hybridized carbons (Fsp3) is 0.500. The highest BCUT2D eigenvalue weighted by atomic mass is 79.9. The Kier molecular flexibility index (Phi) is 7.95. The summed E-state index contributed by atoms with van der Waals surface area (Å²) in [6.45, 7) is 2.17. The smallest absolute Gasteiger partial charge is 0.223 e.